The Morgan fingerprint density at radius 3 is 2.61 bits per heavy atom. The molecular weight excluding hydrogens is 278 g/mol. The molecule has 0 spiro atoms. The Morgan fingerprint density at radius 1 is 1.44 bits per heavy atom. The minimum atomic E-state index is -3.67. The van der Waals surface area contributed by atoms with Crippen LogP contribution in [0, 0.1) is 0 Å². The van der Waals surface area contributed by atoms with E-state index in [1.165, 1.54) is 11.3 Å². The maximum atomic E-state index is 10.4. The third-order valence-electron chi connectivity index (χ3n) is 1.75. The fourth-order valence-corrected chi connectivity index (χ4v) is 1.92. The van der Waals surface area contributed by atoms with Gasteiger partial charge < -0.3 is 5.11 Å². The molecular formula is C10H11NO5S2. The van der Waals surface area contributed by atoms with E-state index in [4.69, 9.17) is 9.66 Å². The highest BCUT2D eigenvalue weighted by atomic mass is 32.2. The molecule has 0 saturated heterocycles. The molecule has 0 aliphatic heterocycles. The average molecular weight is 289 g/mol. The zero-order valence-corrected chi connectivity index (χ0v) is 11.0. The molecule has 1 heterocycles. The lowest BCUT2D eigenvalue weighted by Gasteiger charge is -1.95. The number of hydrogen-bond donors (Lipinski definition) is 2. The number of carboxylic acids is 1. The number of hydrogen-bond acceptors (Lipinski definition) is 5. The summed E-state index contributed by atoms with van der Waals surface area (Å²) in [6, 6.07) is 5.53. The normalized spacial score (nSPS) is 10.8. The zero-order valence-electron chi connectivity index (χ0n) is 9.40. The van der Waals surface area contributed by atoms with Crippen LogP contribution in [0.15, 0.2) is 23.7 Å². The van der Waals surface area contributed by atoms with Crippen LogP contribution in [0.1, 0.15) is 5.56 Å². The van der Waals surface area contributed by atoms with Gasteiger partial charge in [0.1, 0.15) is 0 Å². The minimum Gasteiger partial charge on any atom is -0.481 e. The molecule has 0 saturated carbocycles. The van der Waals surface area contributed by atoms with Gasteiger partial charge in [0.2, 0.25) is 0 Å². The predicted octanol–water partition coefficient (Wildman–Crippen LogP) is 1.43. The van der Waals surface area contributed by atoms with Crippen LogP contribution in [-0.4, -0.2) is 35.3 Å². The van der Waals surface area contributed by atoms with E-state index in [1.54, 1.807) is 11.6 Å². The summed E-state index contributed by atoms with van der Waals surface area (Å²) in [5, 5.41) is 8.58. The van der Waals surface area contributed by atoms with Crippen molar-refractivity contribution >= 4 is 37.6 Å². The van der Waals surface area contributed by atoms with Crippen molar-refractivity contribution in [3.63, 3.8) is 0 Å². The Morgan fingerprint density at radius 2 is 2.06 bits per heavy atom. The van der Waals surface area contributed by atoms with Crippen LogP contribution in [0.25, 0.3) is 10.2 Å². The van der Waals surface area contributed by atoms with Crippen LogP contribution in [0.5, 0.6) is 0 Å². The number of carbonyl (C=O) groups is 1. The highest BCUT2D eigenvalue weighted by Crippen LogP contribution is 2.19. The second-order valence-corrected chi connectivity index (χ2v) is 5.81. The second kappa shape index (κ2) is 5.89. The first-order valence-electron chi connectivity index (χ1n) is 4.72. The largest absolute Gasteiger partial charge is 0.481 e. The van der Waals surface area contributed by atoms with Crippen LogP contribution >= 0.6 is 11.3 Å². The summed E-state index contributed by atoms with van der Waals surface area (Å²) in [6.07, 6.45) is 0.792. The summed E-state index contributed by atoms with van der Waals surface area (Å²) >= 11 is 1.52. The molecule has 2 rings (SSSR count). The van der Waals surface area contributed by atoms with Gasteiger partial charge in [0, 0.05) is 0 Å². The van der Waals surface area contributed by atoms with Crippen molar-refractivity contribution in [2.45, 2.75) is 6.42 Å². The molecule has 98 valence electrons. The van der Waals surface area contributed by atoms with Crippen molar-refractivity contribution in [3.05, 3.63) is 29.3 Å². The van der Waals surface area contributed by atoms with Crippen LogP contribution < -0.4 is 0 Å². The van der Waals surface area contributed by atoms with Crippen LogP contribution in [0.4, 0.5) is 0 Å². The lowest BCUT2D eigenvalue weighted by Crippen LogP contribution is -1.99. The van der Waals surface area contributed by atoms with Gasteiger partial charge in [-0.25, -0.2) is 4.98 Å². The first-order chi connectivity index (χ1) is 8.25. The molecule has 6 nitrogen and oxygen atoms in total. The summed E-state index contributed by atoms with van der Waals surface area (Å²) in [6.45, 7) is 0. The number of aromatic nitrogens is 1. The van der Waals surface area contributed by atoms with Crippen molar-refractivity contribution in [2.24, 2.45) is 0 Å². The molecule has 8 heteroatoms. The monoisotopic (exact) mass is 289 g/mol. The average Bonchev–Trinajstić information content (AvgIpc) is 2.60. The number of nitrogens with zero attached hydrogens (tertiary/aromatic N) is 1. The first-order valence-corrected chi connectivity index (χ1v) is 7.45. The number of benzene rings is 1. The van der Waals surface area contributed by atoms with Crippen molar-refractivity contribution in [2.75, 3.05) is 6.26 Å². The molecule has 2 N–H and O–H groups in total. The number of rotatable bonds is 2. The van der Waals surface area contributed by atoms with Gasteiger partial charge in [-0.05, 0) is 17.7 Å². The summed E-state index contributed by atoms with van der Waals surface area (Å²) < 4.78 is 26.9. The Balaban J connectivity index is 0.000000280. The number of thiazole rings is 1. The van der Waals surface area contributed by atoms with E-state index in [-0.39, 0.29) is 6.42 Å². The number of carboxylic acid groups (broad SMARTS) is 1. The van der Waals surface area contributed by atoms with Crippen LogP contribution in [0.3, 0.4) is 0 Å². The Bertz CT molecular complexity index is 639. The van der Waals surface area contributed by atoms with Gasteiger partial charge in [0.25, 0.3) is 10.1 Å². The van der Waals surface area contributed by atoms with Gasteiger partial charge in [0.05, 0.1) is 28.4 Å². The van der Waals surface area contributed by atoms with Gasteiger partial charge in [-0.3, -0.25) is 9.35 Å². The topological polar surface area (TPSA) is 105 Å². The predicted molar refractivity (Wildman–Crippen MR) is 68.4 cm³/mol. The van der Waals surface area contributed by atoms with E-state index in [1.807, 2.05) is 12.1 Å². The Hall–Kier alpha value is -1.51. The fraction of sp³-hybridized carbons (Fsp3) is 0.200. The lowest BCUT2D eigenvalue weighted by atomic mass is 10.1. The zero-order chi connectivity index (χ0) is 13.8. The summed E-state index contributed by atoms with van der Waals surface area (Å²) in [5.41, 5.74) is 3.51. The van der Waals surface area contributed by atoms with E-state index >= 15 is 0 Å². The first kappa shape index (κ1) is 14.6. The Labute approximate surface area is 108 Å². The molecule has 0 bridgehead atoms. The summed E-state index contributed by atoms with van der Waals surface area (Å²) in [4.78, 5) is 14.5. The van der Waals surface area contributed by atoms with Crippen molar-refractivity contribution in [3.8, 4) is 0 Å². The fourth-order valence-electron chi connectivity index (χ4n) is 1.18. The van der Waals surface area contributed by atoms with Gasteiger partial charge in [-0.1, -0.05) is 6.07 Å². The maximum absolute atomic E-state index is 10.4. The van der Waals surface area contributed by atoms with Crippen LogP contribution in [0.2, 0.25) is 0 Å². The quantitative estimate of drug-likeness (QED) is 0.810. The van der Waals surface area contributed by atoms with E-state index in [2.05, 4.69) is 4.98 Å². The minimum absolute atomic E-state index is 0.0772. The van der Waals surface area contributed by atoms with Crippen molar-refractivity contribution in [1.82, 2.24) is 4.98 Å². The van der Waals surface area contributed by atoms with E-state index < -0.39 is 16.1 Å². The van der Waals surface area contributed by atoms with Gasteiger partial charge >= 0.3 is 5.97 Å². The maximum Gasteiger partial charge on any atom is 0.307 e. The molecule has 18 heavy (non-hydrogen) atoms. The highest BCUT2D eigenvalue weighted by molar-refractivity contribution is 7.85. The molecule has 0 aliphatic carbocycles. The molecule has 0 aliphatic rings. The molecule has 0 unspecified atom stereocenters. The number of fused-ring (bicyclic) bond motifs is 1. The van der Waals surface area contributed by atoms with Crippen molar-refractivity contribution in [1.29, 1.82) is 0 Å². The molecule has 1 aromatic heterocycles. The molecule has 2 aromatic rings. The molecule has 0 radical (unpaired) electrons. The SMILES string of the molecule is CS(=O)(=O)O.O=C(O)Cc1ccc2ncsc2c1. The van der Waals surface area contributed by atoms with Gasteiger partial charge in [-0.15, -0.1) is 11.3 Å². The summed E-state index contributed by atoms with van der Waals surface area (Å²) in [7, 11) is -3.67. The van der Waals surface area contributed by atoms with E-state index in [9.17, 15) is 13.2 Å². The second-order valence-electron chi connectivity index (χ2n) is 3.46. The van der Waals surface area contributed by atoms with E-state index in [0.717, 1.165) is 15.8 Å². The Kier molecular flexibility index (Phi) is 4.76. The lowest BCUT2D eigenvalue weighted by molar-refractivity contribution is -0.136. The smallest absolute Gasteiger partial charge is 0.307 e. The molecule has 0 atom stereocenters. The molecule has 1 aromatic carbocycles. The highest BCUT2D eigenvalue weighted by Gasteiger charge is 2.02. The van der Waals surface area contributed by atoms with E-state index in [0.29, 0.717) is 6.26 Å². The molecule has 0 amide bonds. The standard InChI is InChI=1S/C9H7NO2S.CH4O3S/c11-9(12)4-6-1-2-7-8(3-6)13-5-10-7;1-5(2,3)4/h1-3,5H,4H2,(H,11,12);1H3,(H,2,3,4). The molecule has 0 fully saturated rings. The summed E-state index contributed by atoms with van der Waals surface area (Å²) in [5.74, 6) is -0.802. The third kappa shape index (κ3) is 5.71. The van der Waals surface area contributed by atoms with Crippen molar-refractivity contribution < 1.29 is 22.9 Å². The van der Waals surface area contributed by atoms with Gasteiger partial charge in [-0.2, -0.15) is 8.42 Å². The third-order valence-corrected chi connectivity index (χ3v) is 2.54. The number of aliphatic carboxylic acids is 1. The van der Waals surface area contributed by atoms with Gasteiger partial charge in [0.15, 0.2) is 0 Å². The van der Waals surface area contributed by atoms with Crippen LogP contribution in [-0.2, 0) is 21.3 Å².